The van der Waals surface area contributed by atoms with Gasteiger partial charge in [-0.05, 0) is 6.42 Å². The van der Waals surface area contributed by atoms with Gasteiger partial charge in [-0.25, -0.2) is 0 Å². The lowest BCUT2D eigenvalue weighted by Gasteiger charge is -2.23. The van der Waals surface area contributed by atoms with Gasteiger partial charge in [0.05, 0.1) is 18.9 Å². The van der Waals surface area contributed by atoms with Crippen molar-refractivity contribution in [3.63, 3.8) is 0 Å². The van der Waals surface area contributed by atoms with E-state index in [1.165, 1.54) is 0 Å². The van der Waals surface area contributed by atoms with Crippen LogP contribution in [0, 0.1) is 11.8 Å². The van der Waals surface area contributed by atoms with Crippen LogP contribution in [0.4, 0.5) is 13.2 Å². The quantitative estimate of drug-likeness (QED) is 0.451. The number of halogens is 3. The first-order valence-electron chi connectivity index (χ1n) is 6.99. The maximum atomic E-state index is 12.7. The third-order valence-electron chi connectivity index (χ3n) is 3.49. The van der Waals surface area contributed by atoms with Gasteiger partial charge in [0.15, 0.2) is 0 Å². The molecule has 0 saturated heterocycles. The topological polar surface area (TPSA) is 26.3 Å². The van der Waals surface area contributed by atoms with Crippen LogP contribution in [0.1, 0.15) is 58.8 Å². The normalized spacial score (nSPS) is 15.1. The predicted molar refractivity (Wildman–Crippen MR) is 68.7 cm³/mol. The zero-order chi connectivity index (χ0) is 14.9. The van der Waals surface area contributed by atoms with Crippen LogP contribution >= 0.6 is 0 Å². The van der Waals surface area contributed by atoms with Gasteiger partial charge in [0.25, 0.3) is 0 Å². The van der Waals surface area contributed by atoms with Crippen LogP contribution < -0.4 is 0 Å². The van der Waals surface area contributed by atoms with E-state index in [1.54, 1.807) is 0 Å². The Morgan fingerprint density at radius 1 is 1.11 bits per heavy atom. The first kappa shape index (κ1) is 18.3. The van der Waals surface area contributed by atoms with E-state index in [2.05, 4.69) is 11.7 Å². The van der Waals surface area contributed by atoms with Gasteiger partial charge in [0.2, 0.25) is 0 Å². The molecule has 0 radical (unpaired) electrons. The van der Waals surface area contributed by atoms with E-state index in [0.29, 0.717) is 6.42 Å². The summed E-state index contributed by atoms with van der Waals surface area (Å²) in [6.07, 6.45) is 1.83. The molecule has 0 heterocycles. The molecule has 0 aromatic heterocycles. The van der Waals surface area contributed by atoms with Gasteiger partial charge in [-0.2, -0.15) is 13.2 Å². The Morgan fingerprint density at radius 2 is 1.63 bits per heavy atom. The Morgan fingerprint density at radius 3 is 2.11 bits per heavy atom. The molecule has 0 spiro atoms. The van der Waals surface area contributed by atoms with E-state index >= 15 is 0 Å². The van der Waals surface area contributed by atoms with Crippen LogP contribution in [0.15, 0.2) is 0 Å². The summed E-state index contributed by atoms with van der Waals surface area (Å²) < 4.78 is 42.5. The minimum absolute atomic E-state index is 0.249. The number of esters is 1. The molecule has 0 aliphatic rings. The lowest BCUT2D eigenvalue weighted by molar-refractivity contribution is -0.193. The molecule has 0 amide bonds. The van der Waals surface area contributed by atoms with Gasteiger partial charge in [-0.1, -0.05) is 52.4 Å². The first-order valence-corrected chi connectivity index (χ1v) is 6.99. The second-order valence-corrected chi connectivity index (χ2v) is 5.02. The molecular formula is C14H25F3O2. The van der Waals surface area contributed by atoms with Crippen LogP contribution in [0.2, 0.25) is 0 Å². The highest BCUT2D eigenvalue weighted by molar-refractivity contribution is 5.72. The fraction of sp³-hybridized carbons (Fsp3) is 0.929. The van der Waals surface area contributed by atoms with Gasteiger partial charge >= 0.3 is 12.1 Å². The smallest absolute Gasteiger partial charge is 0.392 e. The lowest BCUT2D eigenvalue weighted by Crippen LogP contribution is -2.33. The number of alkyl halides is 3. The van der Waals surface area contributed by atoms with Gasteiger partial charge in [0.1, 0.15) is 0 Å². The summed E-state index contributed by atoms with van der Waals surface area (Å²) in [7, 11) is 1.14. The summed E-state index contributed by atoms with van der Waals surface area (Å²) >= 11 is 0. The van der Waals surface area contributed by atoms with Crippen LogP contribution in [-0.2, 0) is 9.53 Å². The molecule has 2 unspecified atom stereocenters. The van der Waals surface area contributed by atoms with Gasteiger partial charge in [-0.15, -0.1) is 0 Å². The maximum absolute atomic E-state index is 12.7. The fourth-order valence-electron chi connectivity index (χ4n) is 2.10. The molecule has 2 atom stereocenters. The van der Waals surface area contributed by atoms with Crippen molar-refractivity contribution < 1.29 is 22.7 Å². The maximum Gasteiger partial charge on any atom is 0.392 e. The molecule has 0 aromatic rings. The molecule has 0 aromatic carbocycles. The largest absolute Gasteiger partial charge is 0.469 e. The summed E-state index contributed by atoms with van der Waals surface area (Å²) in [5, 5.41) is 0. The van der Waals surface area contributed by atoms with Crippen LogP contribution in [0.25, 0.3) is 0 Å². The number of carbonyl (C=O) groups excluding carboxylic acids is 1. The summed E-state index contributed by atoms with van der Waals surface area (Å²) in [6, 6.07) is 0. The van der Waals surface area contributed by atoms with Crippen LogP contribution in [0.5, 0.6) is 0 Å². The summed E-state index contributed by atoms with van der Waals surface area (Å²) in [6.45, 7) is 3.16. The molecule has 0 saturated carbocycles. The molecular weight excluding hydrogens is 257 g/mol. The second-order valence-electron chi connectivity index (χ2n) is 5.02. The van der Waals surface area contributed by atoms with E-state index in [1.807, 2.05) is 0 Å². The number of carbonyl (C=O) groups is 1. The highest BCUT2D eigenvalue weighted by Crippen LogP contribution is 2.34. The summed E-state index contributed by atoms with van der Waals surface area (Å²) in [5.74, 6) is -3.47. The van der Waals surface area contributed by atoms with Crippen molar-refractivity contribution in [2.45, 2.75) is 65.0 Å². The summed E-state index contributed by atoms with van der Waals surface area (Å²) in [5.41, 5.74) is 0. The van der Waals surface area contributed by atoms with Crippen LogP contribution in [0.3, 0.4) is 0 Å². The second kappa shape index (κ2) is 9.21. The van der Waals surface area contributed by atoms with E-state index < -0.39 is 24.0 Å². The van der Waals surface area contributed by atoms with Crippen molar-refractivity contribution in [2.24, 2.45) is 11.8 Å². The Balaban J connectivity index is 4.19. The van der Waals surface area contributed by atoms with Crippen molar-refractivity contribution in [1.29, 1.82) is 0 Å². The van der Waals surface area contributed by atoms with Crippen molar-refractivity contribution in [1.82, 2.24) is 0 Å². The van der Waals surface area contributed by atoms with E-state index in [0.717, 1.165) is 46.1 Å². The number of hydrogen-bond acceptors (Lipinski definition) is 2. The average Bonchev–Trinajstić information content (AvgIpc) is 2.35. The Hall–Kier alpha value is -0.740. The number of unbranched alkanes of at least 4 members (excludes halogenated alkanes) is 5. The highest BCUT2D eigenvalue weighted by atomic mass is 19.4. The molecule has 0 aliphatic heterocycles. The number of rotatable bonds is 9. The van der Waals surface area contributed by atoms with Crippen molar-refractivity contribution in [2.75, 3.05) is 7.11 Å². The van der Waals surface area contributed by atoms with Crippen molar-refractivity contribution in [3.8, 4) is 0 Å². The molecule has 0 N–H and O–H groups in total. The number of methoxy groups -OCH3 is 1. The summed E-state index contributed by atoms with van der Waals surface area (Å²) in [4.78, 5) is 11.4. The lowest BCUT2D eigenvalue weighted by atomic mass is 9.88. The minimum Gasteiger partial charge on any atom is -0.469 e. The SMILES string of the molecule is CCCCCCCCC(C(=O)OC)C(C)C(F)(F)F. The fourth-order valence-corrected chi connectivity index (χ4v) is 2.10. The van der Waals surface area contributed by atoms with Gasteiger partial charge in [0, 0.05) is 0 Å². The third kappa shape index (κ3) is 7.43. The molecule has 5 heteroatoms. The van der Waals surface area contributed by atoms with Crippen molar-refractivity contribution in [3.05, 3.63) is 0 Å². The van der Waals surface area contributed by atoms with Gasteiger partial charge in [-0.3, -0.25) is 4.79 Å². The molecule has 0 bridgehead atoms. The monoisotopic (exact) mass is 282 g/mol. The molecule has 0 rings (SSSR count). The zero-order valence-electron chi connectivity index (χ0n) is 12.1. The molecule has 0 fully saturated rings. The molecule has 0 aliphatic carbocycles. The number of ether oxygens (including phenoxy) is 1. The molecule has 2 nitrogen and oxygen atoms in total. The number of hydrogen-bond donors (Lipinski definition) is 0. The third-order valence-corrected chi connectivity index (χ3v) is 3.49. The predicted octanol–water partition coefficient (Wildman–Crippen LogP) is 4.72. The zero-order valence-corrected chi connectivity index (χ0v) is 12.1. The highest BCUT2D eigenvalue weighted by Gasteiger charge is 2.44. The average molecular weight is 282 g/mol. The molecule has 19 heavy (non-hydrogen) atoms. The van der Waals surface area contributed by atoms with E-state index in [-0.39, 0.29) is 6.42 Å². The Kier molecular flexibility index (Phi) is 8.85. The molecule has 114 valence electrons. The minimum atomic E-state index is -4.35. The van der Waals surface area contributed by atoms with Crippen LogP contribution in [-0.4, -0.2) is 19.3 Å². The Labute approximate surface area is 113 Å². The first-order chi connectivity index (χ1) is 8.84. The van der Waals surface area contributed by atoms with E-state index in [9.17, 15) is 18.0 Å². The standard InChI is InChI=1S/C14H25F3O2/c1-4-5-6-7-8-9-10-12(13(18)19-3)11(2)14(15,16)17/h11-12H,4-10H2,1-3H3. The van der Waals surface area contributed by atoms with Crippen molar-refractivity contribution >= 4 is 5.97 Å². The van der Waals surface area contributed by atoms with Gasteiger partial charge < -0.3 is 4.74 Å². The van der Waals surface area contributed by atoms with E-state index in [4.69, 9.17) is 0 Å². The Bertz CT molecular complexity index is 252.